The van der Waals surface area contributed by atoms with E-state index in [1.165, 1.54) is 14.2 Å². The van der Waals surface area contributed by atoms with Crippen LogP contribution >= 0.6 is 0 Å². The highest BCUT2D eigenvalue weighted by atomic mass is 16.5. The zero-order chi connectivity index (χ0) is 24.5. The van der Waals surface area contributed by atoms with Crippen molar-refractivity contribution in [1.82, 2.24) is 10.6 Å². The Kier molecular flexibility index (Phi) is 9.00. The number of rotatable bonds is 12. The molecule has 3 rings (SSSR count). The Morgan fingerprint density at radius 3 is 2.12 bits per heavy atom. The van der Waals surface area contributed by atoms with Crippen LogP contribution in [0.5, 0.6) is 0 Å². The molecule has 2 aromatic carbocycles. The van der Waals surface area contributed by atoms with Crippen LogP contribution in [0.3, 0.4) is 0 Å². The van der Waals surface area contributed by atoms with Crippen LogP contribution in [0.1, 0.15) is 29.9 Å². The van der Waals surface area contributed by atoms with E-state index in [0.717, 1.165) is 22.3 Å². The monoisotopic (exact) mass is 470 g/mol. The zero-order valence-electron chi connectivity index (χ0n) is 19.3. The van der Waals surface area contributed by atoms with Gasteiger partial charge in [-0.25, -0.2) is 9.59 Å². The summed E-state index contributed by atoms with van der Waals surface area (Å²) in [6, 6.07) is 16.2. The second-order valence-corrected chi connectivity index (χ2v) is 7.97. The molecule has 0 heterocycles. The number of amides is 2. The fourth-order valence-electron chi connectivity index (χ4n) is 4.05. The van der Waals surface area contributed by atoms with Crippen LogP contribution in [-0.2, 0) is 23.8 Å². The second kappa shape index (κ2) is 12.2. The summed E-state index contributed by atoms with van der Waals surface area (Å²) in [5.41, 5.74) is 4.55. The molecule has 0 saturated carbocycles. The molecule has 1 aliphatic carbocycles. The summed E-state index contributed by atoms with van der Waals surface area (Å²) in [4.78, 5) is 35.4. The highest BCUT2D eigenvalue weighted by molar-refractivity contribution is 5.79. The molecule has 3 N–H and O–H groups in total. The zero-order valence-corrected chi connectivity index (χ0v) is 19.3. The van der Waals surface area contributed by atoms with E-state index in [4.69, 9.17) is 19.3 Å². The maximum absolute atomic E-state index is 12.3. The molecule has 0 radical (unpaired) electrons. The number of hydrogen-bond donors (Lipinski definition) is 3. The average Bonchev–Trinajstić information content (AvgIpc) is 3.16. The SMILES string of the molecule is COC(CNC(=O)OCC1c2ccccc2-c2ccccc21)CC(=O)NCCC(OC)C(=O)O. The molecule has 0 bridgehead atoms. The van der Waals surface area contributed by atoms with E-state index in [1.807, 2.05) is 36.4 Å². The quantitative estimate of drug-likeness (QED) is 0.436. The first-order chi connectivity index (χ1) is 16.4. The number of hydrogen-bond acceptors (Lipinski definition) is 6. The average molecular weight is 471 g/mol. The van der Waals surface area contributed by atoms with Gasteiger partial charge in [0.1, 0.15) is 6.61 Å². The van der Waals surface area contributed by atoms with Gasteiger partial charge in [-0.05, 0) is 22.3 Å². The first-order valence-electron chi connectivity index (χ1n) is 11.1. The predicted molar refractivity (Wildman–Crippen MR) is 125 cm³/mol. The Labute approximate surface area is 198 Å². The first kappa shape index (κ1) is 25.2. The summed E-state index contributed by atoms with van der Waals surface area (Å²) in [6.07, 6.45) is -1.97. The predicted octanol–water partition coefficient (Wildman–Crippen LogP) is 2.54. The molecule has 9 heteroatoms. The number of alkyl carbamates (subject to hydrolysis) is 1. The van der Waals surface area contributed by atoms with Crippen molar-refractivity contribution in [2.45, 2.75) is 31.0 Å². The van der Waals surface area contributed by atoms with E-state index in [9.17, 15) is 14.4 Å². The molecule has 2 aromatic rings. The molecule has 0 fully saturated rings. The lowest BCUT2D eigenvalue weighted by Gasteiger charge is -2.18. The largest absolute Gasteiger partial charge is 0.479 e. The number of carbonyl (C=O) groups is 3. The molecule has 2 atom stereocenters. The third-order valence-electron chi connectivity index (χ3n) is 5.85. The standard InChI is InChI=1S/C25H30N2O7/c1-32-16(13-23(28)26-12-11-22(33-2)24(29)30)14-27-25(31)34-15-21-19-9-5-3-7-17(19)18-8-4-6-10-20(18)21/h3-10,16,21-22H,11-15H2,1-2H3,(H,26,28)(H,27,31)(H,29,30). The number of benzene rings is 2. The summed E-state index contributed by atoms with van der Waals surface area (Å²) in [5.74, 6) is -1.44. The molecule has 34 heavy (non-hydrogen) atoms. The maximum atomic E-state index is 12.3. The fourth-order valence-corrected chi connectivity index (χ4v) is 4.05. The van der Waals surface area contributed by atoms with E-state index in [2.05, 4.69) is 22.8 Å². The van der Waals surface area contributed by atoms with Crippen molar-refractivity contribution < 1.29 is 33.7 Å². The van der Waals surface area contributed by atoms with Gasteiger partial charge in [0.05, 0.1) is 12.5 Å². The van der Waals surface area contributed by atoms with E-state index in [-0.39, 0.29) is 44.4 Å². The Bertz CT molecular complexity index is 965. The third kappa shape index (κ3) is 6.33. The van der Waals surface area contributed by atoms with E-state index in [0.29, 0.717) is 0 Å². The Hall–Kier alpha value is -3.43. The van der Waals surface area contributed by atoms with Gasteiger partial charge in [0.15, 0.2) is 6.10 Å². The molecule has 0 aliphatic heterocycles. The van der Waals surface area contributed by atoms with Crippen LogP contribution in [0, 0.1) is 0 Å². The van der Waals surface area contributed by atoms with Gasteiger partial charge in [-0.3, -0.25) is 4.79 Å². The van der Waals surface area contributed by atoms with E-state index >= 15 is 0 Å². The van der Waals surface area contributed by atoms with Crippen LogP contribution in [-0.4, -0.2) is 69.2 Å². The number of carboxylic acid groups (broad SMARTS) is 1. The fraction of sp³-hybridized carbons (Fsp3) is 0.400. The van der Waals surface area contributed by atoms with E-state index in [1.54, 1.807) is 0 Å². The molecular formula is C25H30N2O7. The van der Waals surface area contributed by atoms with Crippen molar-refractivity contribution in [2.75, 3.05) is 33.9 Å². The number of ether oxygens (including phenoxy) is 3. The minimum Gasteiger partial charge on any atom is -0.479 e. The van der Waals surface area contributed by atoms with Crippen molar-refractivity contribution in [3.05, 3.63) is 59.7 Å². The molecular weight excluding hydrogens is 440 g/mol. The molecule has 9 nitrogen and oxygen atoms in total. The van der Waals surface area contributed by atoms with Gasteiger partial charge >= 0.3 is 12.1 Å². The van der Waals surface area contributed by atoms with Crippen molar-refractivity contribution in [1.29, 1.82) is 0 Å². The molecule has 0 saturated heterocycles. The van der Waals surface area contributed by atoms with Gasteiger partial charge in [-0.2, -0.15) is 0 Å². The summed E-state index contributed by atoms with van der Waals surface area (Å²) in [7, 11) is 2.75. The first-order valence-corrected chi connectivity index (χ1v) is 11.1. The summed E-state index contributed by atoms with van der Waals surface area (Å²) in [6.45, 7) is 0.443. The number of fused-ring (bicyclic) bond motifs is 3. The molecule has 1 aliphatic rings. The highest BCUT2D eigenvalue weighted by Gasteiger charge is 2.29. The molecule has 0 spiro atoms. The van der Waals surface area contributed by atoms with Crippen molar-refractivity contribution in [3.63, 3.8) is 0 Å². The lowest BCUT2D eigenvalue weighted by molar-refractivity contribution is -0.149. The van der Waals surface area contributed by atoms with Crippen LogP contribution in [0.15, 0.2) is 48.5 Å². The van der Waals surface area contributed by atoms with Crippen LogP contribution in [0.25, 0.3) is 11.1 Å². The minimum absolute atomic E-state index is 0.00484. The molecule has 2 amide bonds. The summed E-state index contributed by atoms with van der Waals surface area (Å²) < 4.78 is 15.6. The minimum atomic E-state index is -1.08. The molecule has 182 valence electrons. The normalized spacial score (nSPS) is 13.9. The van der Waals surface area contributed by atoms with Gasteiger partial charge in [-0.15, -0.1) is 0 Å². The molecule has 0 aromatic heterocycles. The van der Waals surface area contributed by atoms with Gasteiger partial charge < -0.3 is 30.0 Å². The van der Waals surface area contributed by atoms with Crippen molar-refractivity contribution >= 4 is 18.0 Å². The molecule has 2 unspecified atom stereocenters. The van der Waals surface area contributed by atoms with Gasteiger partial charge in [0, 0.05) is 39.6 Å². The highest BCUT2D eigenvalue weighted by Crippen LogP contribution is 2.44. The van der Waals surface area contributed by atoms with E-state index < -0.39 is 24.3 Å². The van der Waals surface area contributed by atoms with Crippen molar-refractivity contribution in [2.24, 2.45) is 0 Å². The van der Waals surface area contributed by atoms with Gasteiger partial charge in [0.2, 0.25) is 5.91 Å². The van der Waals surface area contributed by atoms with Crippen molar-refractivity contribution in [3.8, 4) is 11.1 Å². The number of carboxylic acids is 1. The number of aliphatic carboxylic acids is 1. The van der Waals surface area contributed by atoms with Crippen LogP contribution in [0.2, 0.25) is 0 Å². The third-order valence-corrected chi connectivity index (χ3v) is 5.85. The Balaban J connectivity index is 1.44. The number of carbonyl (C=O) groups excluding carboxylic acids is 2. The summed E-state index contributed by atoms with van der Waals surface area (Å²) in [5, 5.41) is 14.2. The smallest absolute Gasteiger partial charge is 0.407 e. The maximum Gasteiger partial charge on any atom is 0.407 e. The lowest BCUT2D eigenvalue weighted by atomic mass is 9.98. The Morgan fingerprint density at radius 2 is 1.56 bits per heavy atom. The van der Waals surface area contributed by atoms with Gasteiger partial charge in [0.25, 0.3) is 0 Å². The second-order valence-electron chi connectivity index (χ2n) is 7.97. The van der Waals surface area contributed by atoms with Gasteiger partial charge in [-0.1, -0.05) is 48.5 Å². The lowest BCUT2D eigenvalue weighted by Crippen LogP contribution is -2.38. The Morgan fingerprint density at radius 1 is 0.941 bits per heavy atom. The summed E-state index contributed by atoms with van der Waals surface area (Å²) >= 11 is 0. The van der Waals surface area contributed by atoms with Crippen LogP contribution < -0.4 is 10.6 Å². The topological polar surface area (TPSA) is 123 Å². The van der Waals surface area contributed by atoms with Crippen LogP contribution in [0.4, 0.5) is 4.79 Å². The number of methoxy groups -OCH3 is 2. The number of nitrogens with one attached hydrogen (secondary N) is 2.